The predicted molar refractivity (Wildman–Crippen MR) is 76.3 cm³/mol. The van der Waals surface area contributed by atoms with Crippen molar-refractivity contribution in [3.63, 3.8) is 0 Å². The monoisotopic (exact) mass is 250 g/mol. The van der Waals surface area contributed by atoms with Crippen LogP contribution < -0.4 is 5.32 Å². The van der Waals surface area contributed by atoms with Crippen LogP contribution in [0.25, 0.3) is 16.8 Å². The molecule has 0 bridgehead atoms. The molecule has 0 spiro atoms. The van der Waals surface area contributed by atoms with Crippen LogP contribution in [0.4, 0.5) is 5.82 Å². The summed E-state index contributed by atoms with van der Waals surface area (Å²) in [5, 5.41) is 7.30. The minimum absolute atomic E-state index is 0.863. The molecule has 0 radical (unpaired) electrons. The second kappa shape index (κ2) is 4.94. The zero-order valence-electron chi connectivity index (χ0n) is 10.6. The lowest BCUT2D eigenvalue weighted by molar-refractivity contribution is 0.881. The Morgan fingerprint density at radius 1 is 1.00 bits per heavy atom. The van der Waals surface area contributed by atoms with Crippen molar-refractivity contribution in [2.24, 2.45) is 0 Å². The van der Waals surface area contributed by atoms with Crippen LogP contribution in [-0.2, 0) is 0 Å². The zero-order chi connectivity index (χ0) is 13.1. The van der Waals surface area contributed by atoms with E-state index >= 15 is 0 Å². The van der Waals surface area contributed by atoms with E-state index in [0.29, 0.717) is 0 Å². The highest BCUT2D eigenvalue weighted by molar-refractivity contribution is 5.68. The van der Waals surface area contributed by atoms with Crippen LogP contribution in [0.3, 0.4) is 0 Å². The normalized spacial score (nSPS) is 10.4. The van der Waals surface area contributed by atoms with Crippen LogP contribution in [0.1, 0.15) is 0 Å². The van der Waals surface area contributed by atoms with E-state index in [-0.39, 0.29) is 0 Å². The van der Waals surface area contributed by atoms with Crippen molar-refractivity contribution >= 4 is 5.82 Å². The number of pyridine rings is 1. The van der Waals surface area contributed by atoms with Gasteiger partial charge in [0.05, 0.1) is 5.69 Å². The van der Waals surface area contributed by atoms with Gasteiger partial charge in [-0.05, 0) is 41.5 Å². The Morgan fingerprint density at radius 2 is 1.89 bits per heavy atom. The van der Waals surface area contributed by atoms with E-state index in [2.05, 4.69) is 27.5 Å². The van der Waals surface area contributed by atoms with Gasteiger partial charge in [-0.3, -0.25) is 0 Å². The molecule has 0 amide bonds. The van der Waals surface area contributed by atoms with Gasteiger partial charge in [0.15, 0.2) is 0 Å². The molecule has 1 aromatic carbocycles. The van der Waals surface area contributed by atoms with Gasteiger partial charge in [-0.25, -0.2) is 9.67 Å². The fraction of sp³-hybridized carbons (Fsp3) is 0.0667. The van der Waals surface area contributed by atoms with Crippen molar-refractivity contribution in [1.29, 1.82) is 0 Å². The van der Waals surface area contributed by atoms with Crippen LogP contribution >= 0.6 is 0 Å². The van der Waals surface area contributed by atoms with Gasteiger partial charge in [-0.2, -0.15) is 5.10 Å². The molecule has 2 aromatic heterocycles. The van der Waals surface area contributed by atoms with E-state index in [1.165, 1.54) is 0 Å². The van der Waals surface area contributed by atoms with Crippen LogP contribution in [0.2, 0.25) is 0 Å². The van der Waals surface area contributed by atoms with Gasteiger partial charge >= 0.3 is 0 Å². The summed E-state index contributed by atoms with van der Waals surface area (Å²) in [5.41, 5.74) is 3.32. The third-order valence-electron chi connectivity index (χ3n) is 2.96. The molecule has 3 aromatic rings. The van der Waals surface area contributed by atoms with E-state index in [9.17, 15) is 0 Å². The second-order valence-corrected chi connectivity index (χ2v) is 4.18. The van der Waals surface area contributed by atoms with Gasteiger partial charge in [-0.15, -0.1) is 0 Å². The van der Waals surface area contributed by atoms with Gasteiger partial charge in [0.1, 0.15) is 5.82 Å². The lowest BCUT2D eigenvalue weighted by Gasteiger charge is -2.07. The molecule has 0 unspecified atom stereocenters. The first-order valence-electron chi connectivity index (χ1n) is 6.11. The van der Waals surface area contributed by atoms with E-state index in [1.54, 1.807) is 6.20 Å². The van der Waals surface area contributed by atoms with E-state index < -0.39 is 0 Å². The first kappa shape index (κ1) is 11.5. The average Bonchev–Trinajstić information content (AvgIpc) is 3.02. The van der Waals surface area contributed by atoms with Gasteiger partial charge in [0.25, 0.3) is 0 Å². The Balaban J connectivity index is 2.03. The molecule has 0 aliphatic carbocycles. The largest absolute Gasteiger partial charge is 0.373 e. The van der Waals surface area contributed by atoms with Crippen molar-refractivity contribution in [3.8, 4) is 16.8 Å². The number of rotatable bonds is 3. The number of nitrogens with one attached hydrogen (secondary N) is 1. The summed E-state index contributed by atoms with van der Waals surface area (Å²) < 4.78 is 1.85. The number of anilines is 1. The first-order chi connectivity index (χ1) is 9.36. The van der Waals surface area contributed by atoms with Gasteiger partial charge in [-0.1, -0.05) is 12.1 Å². The molecule has 4 nitrogen and oxygen atoms in total. The van der Waals surface area contributed by atoms with Crippen LogP contribution in [0.15, 0.2) is 61.1 Å². The van der Waals surface area contributed by atoms with E-state index in [0.717, 1.165) is 22.6 Å². The topological polar surface area (TPSA) is 42.7 Å². The Kier molecular flexibility index (Phi) is 2.98. The van der Waals surface area contributed by atoms with E-state index in [1.807, 2.05) is 54.5 Å². The summed E-state index contributed by atoms with van der Waals surface area (Å²) in [6, 6.07) is 14.2. The number of hydrogen-bond donors (Lipinski definition) is 1. The molecular weight excluding hydrogens is 236 g/mol. The Morgan fingerprint density at radius 3 is 2.68 bits per heavy atom. The molecule has 0 saturated carbocycles. The molecule has 2 heterocycles. The number of nitrogens with zero attached hydrogens (tertiary/aromatic N) is 3. The number of aromatic nitrogens is 3. The molecule has 0 saturated heterocycles. The van der Waals surface area contributed by atoms with E-state index in [4.69, 9.17) is 0 Å². The molecule has 3 rings (SSSR count). The van der Waals surface area contributed by atoms with Crippen molar-refractivity contribution in [3.05, 3.63) is 61.1 Å². The summed E-state index contributed by atoms with van der Waals surface area (Å²) in [5.74, 6) is 0.863. The maximum atomic E-state index is 4.25. The van der Waals surface area contributed by atoms with Crippen molar-refractivity contribution in [1.82, 2.24) is 14.8 Å². The first-order valence-corrected chi connectivity index (χ1v) is 6.11. The summed E-state index contributed by atoms with van der Waals surface area (Å²) in [6.07, 6.45) is 5.52. The molecule has 0 aliphatic heterocycles. The number of hydrogen-bond acceptors (Lipinski definition) is 3. The van der Waals surface area contributed by atoms with Crippen LogP contribution in [0, 0.1) is 0 Å². The smallest absolute Gasteiger partial charge is 0.126 e. The standard InChI is InChI=1S/C15H14N4/c1-16-15-11-13(6-8-17-15)12-4-2-5-14(10-12)19-9-3-7-18-19/h2-11H,1H3,(H,16,17). The van der Waals surface area contributed by atoms with Gasteiger partial charge < -0.3 is 5.32 Å². The summed E-state index contributed by atoms with van der Waals surface area (Å²) >= 11 is 0. The Bertz CT molecular complexity index is 674. The van der Waals surface area contributed by atoms with Gasteiger partial charge in [0.2, 0.25) is 0 Å². The maximum absolute atomic E-state index is 4.25. The van der Waals surface area contributed by atoms with Gasteiger partial charge in [0, 0.05) is 25.6 Å². The number of benzene rings is 1. The van der Waals surface area contributed by atoms with Crippen LogP contribution in [-0.4, -0.2) is 21.8 Å². The molecule has 0 atom stereocenters. The Hall–Kier alpha value is -2.62. The summed E-state index contributed by atoms with van der Waals surface area (Å²) in [4.78, 5) is 4.23. The highest BCUT2D eigenvalue weighted by Crippen LogP contribution is 2.23. The lowest BCUT2D eigenvalue weighted by Crippen LogP contribution is -1.95. The Labute approximate surface area is 111 Å². The fourth-order valence-electron chi connectivity index (χ4n) is 2.00. The molecular formula is C15H14N4. The zero-order valence-corrected chi connectivity index (χ0v) is 10.6. The van der Waals surface area contributed by atoms with Crippen molar-refractivity contribution in [2.75, 3.05) is 12.4 Å². The highest BCUT2D eigenvalue weighted by atomic mass is 15.3. The molecule has 0 fully saturated rings. The molecule has 94 valence electrons. The maximum Gasteiger partial charge on any atom is 0.126 e. The summed E-state index contributed by atoms with van der Waals surface area (Å²) in [7, 11) is 1.87. The average molecular weight is 250 g/mol. The third kappa shape index (κ3) is 2.33. The van der Waals surface area contributed by atoms with Crippen LogP contribution in [0.5, 0.6) is 0 Å². The van der Waals surface area contributed by atoms with Crippen molar-refractivity contribution in [2.45, 2.75) is 0 Å². The van der Waals surface area contributed by atoms with Crippen molar-refractivity contribution < 1.29 is 0 Å². The lowest BCUT2D eigenvalue weighted by atomic mass is 10.1. The molecule has 0 aliphatic rings. The second-order valence-electron chi connectivity index (χ2n) is 4.18. The third-order valence-corrected chi connectivity index (χ3v) is 2.96. The predicted octanol–water partition coefficient (Wildman–Crippen LogP) is 2.98. The molecule has 1 N–H and O–H groups in total. The highest BCUT2D eigenvalue weighted by Gasteiger charge is 2.02. The minimum atomic E-state index is 0.863. The fourth-order valence-corrected chi connectivity index (χ4v) is 2.00. The summed E-state index contributed by atoms with van der Waals surface area (Å²) in [6.45, 7) is 0. The quantitative estimate of drug-likeness (QED) is 0.777. The SMILES string of the molecule is CNc1cc(-c2cccc(-n3cccn3)c2)ccn1. The molecule has 19 heavy (non-hydrogen) atoms. The molecule has 4 heteroatoms. The minimum Gasteiger partial charge on any atom is -0.373 e.